The predicted octanol–water partition coefficient (Wildman–Crippen LogP) is 3.77. The molecule has 0 amide bonds. The highest BCUT2D eigenvalue weighted by Crippen LogP contribution is 2.33. The molecule has 2 rings (SSSR count). The van der Waals surface area contributed by atoms with Gasteiger partial charge in [-0.25, -0.2) is 0 Å². The van der Waals surface area contributed by atoms with E-state index in [4.69, 9.17) is 4.52 Å². The molecule has 0 saturated carbocycles. The van der Waals surface area contributed by atoms with Crippen molar-refractivity contribution in [3.05, 3.63) is 60.7 Å². The molecule has 1 nitrogen and oxygen atoms in total. The number of fused-ring (bicyclic) bond motifs is 1. The van der Waals surface area contributed by atoms with Crippen LogP contribution in [0.15, 0.2) is 55.1 Å². The third-order valence-electron chi connectivity index (χ3n) is 2.38. The van der Waals surface area contributed by atoms with Crippen molar-refractivity contribution in [3.8, 4) is 5.75 Å². The number of benzene rings is 1. The Morgan fingerprint density at radius 1 is 1.19 bits per heavy atom. The van der Waals surface area contributed by atoms with Gasteiger partial charge in [0.2, 0.25) is 0 Å². The average Bonchev–Trinajstić information content (AvgIpc) is 2.28. The van der Waals surface area contributed by atoms with E-state index in [-0.39, 0.29) is 0 Å². The van der Waals surface area contributed by atoms with Crippen molar-refractivity contribution in [1.29, 1.82) is 0 Å². The zero-order chi connectivity index (χ0) is 11.4. The minimum absolute atomic E-state index is 0.899. The van der Waals surface area contributed by atoms with Crippen molar-refractivity contribution in [2.24, 2.45) is 0 Å². The Bertz CT molecular complexity index is 483. The molecule has 0 saturated heterocycles. The molecule has 0 radical (unpaired) electrons. The molecule has 0 aliphatic carbocycles. The second-order valence-electron chi connectivity index (χ2n) is 3.65. The Morgan fingerprint density at radius 3 is 2.88 bits per heavy atom. The molecule has 1 aromatic carbocycles. The summed E-state index contributed by atoms with van der Waals surface area (Å²) in [5.74, 6) is 0.899. The molecule has 0 spiro atoms. The van der Waals surface area contributed by atoms with E-state index < -0.39 is 7.77 Å². The quantitative estimate of drug-likeness (QED) is 0.616. The lowest BCUT2D eigenvalue weighted by Gasteiger charge is -2.14. The second-order valence-corrected chi connectivity index (χ2v) is 5.34. The molecule has 0 N–H and O–H groups in total. The van der Waals surface area contributed by atoms with E-state index in [9.17, 15) is 0 Å². The minimum Gasteiger partial charge on any atom is -0.480 e. The smallest absolute Gasteiger partial charge is 0.130 e. The first-order valence-corrected chi connectivity index (χ1v) is 7.07. The summed E-state index contributed by atoms with van der Waals surface area (Å²) in [7, 11) is -1.04. The van der Waals surface area contributed by atoms with E-state index in [0.29, 0.717) is 0 Å². The monoisotopic (exact) mass is 230 g/mol. The summed E-state index contributed by atoms with van der Waals surface area (Å²) in [6.07, 6.45) is 13.1. The molecule has 1 heterocycles. The van der Waals surface area contributed by atoms with Gasteiger partial charge in [0, 0.05) is 19.5 Å². The van der Waals surface area contributed by atoms with Crippen LogP contribution in [0.5, 0.6) is 5.75 Å². The van der Waals surface area contributed by atoms with Crippen LogP contribution in [0.2, 0.25) is 0 Å². The molecule has 1 unspecified atom stereocenters. The van der Waals surface area contributed by atoms with E-state index in [2.05, 4.69) is 19.0 Å². The molecule has 82 valence electrons. The molecule has 0 aromatic heterocycles. The first kappa shape index (κ1) is 11.0. The van der Waals surface area contributed by atoms with Crippen LogP contribution in [-0.4, -0.2) is 12.5 Å². The highest BCUT2D eigenvalue weighted by atomic mass is 31.1. The van der Waals surface area contributed by atoms with Crippen LogP contribution in [0.3, 0.4) is 0 Å². The summed E-state index contributed by atoms with van der Waals surface area (Å²) in [6.45, 7) is 4.04. The zero-order valence-corrected chi connectivity index (χ0v) is 10.1. The third kappa shape index (κ3) is 2.56. The zero-order valence-electron chi connectivity index (χ0n) is 9.15. The summed E-state index contributed by atoms with van der Waals surface area (Å²) >= 11 is 0. The molecule has 1 aliphatic rings. The third-order valence-corrected chi connectivity index (χ3v) is 3.58. The van der Waals surface area contributed by atoms with E-state index in [1.54, 1.807) is 0 Å². The molecule has 1 aliphatic heterocycles. The van der Waals surface area contributed by atoms with Crippen LogP contribution in [0.1, 0.15) is 5.56 Å². The van der Waals surface area contributed by atoms with Gasteiger partial charge in [-0.2, -0.15) is 0 Å². The number of hydrogen-bond acceptors (Lipinski definition) is 1. The van der Waals surface area contributed by atoms with Gasteiger partial charge in [-0.1, -0.05) is 55.4 Å². The largest absolute Gasteiger partial charge is 0.480 e. The van der Waals surface area contributed by atoms with E-state index in [0.717, 1.165) is 23.0 Å². The van der Waals surface area contributed by atoms with E-state index in [1.807, 2.05) is 42.5 Å². The first-order valence-electron chi connectivity index (χ1n) is 5.24. The van der Waals surface area contributed by atoms with Crippen LogP contribution >= 0.6 is 7.77 Å². The summed E-state index contributed by atoms with van der Waals surface area (Å²) < 4.78 is 5.89. The Morgan fingerprint density at radius 2 is 2.00 bits per heavy atom. The Kier molecular flexibility index (Phi) is 3.48. The van der Waals surface area contributed by atoms with Gasteiger partial charge in [-0.3, -0.25) is 0 Å². The lowest BCUT2D eigenvalue weighted by Crippen LogP contribution is -1.90. The fourth-order valence-corrected chi connectivity index (χ4v) is 2.53. The van der Waals surface area contributed by atoms with Gasteiger partial charge >= 0.3 is 0 Å². The van der Waals surface area contributed by atoms with Crippen LogP contribution in [0, 0.1) is 0 Å². The fourth-order valence-electron chi connectivity index (χ4n) is 1.56. The SMILES string of the molecule is C=C1/C=C\C=C/C[PH](=C)Oc2ccccc21. The molecular weight excluding hydrogens is 215 g/mol. The fraction of sp³-hybridized carbons (Fsp3) is 0.0714. The highest BCUT2D eigenvalue weighted by molar-refractivity contribution is 7.51. The van der Waals surface area contributed by atoms with Crippen molar-refractivity contribution < 1.29 is 4.52 Å². The lowest BCUT2D eigenvalue weighted by atomic mass is 10.1. The standard InChI is InChI=1S/C14H15OP/c1-12-8-4-3-7-11-16(2)15-14-10-6-5-9-13(12)14/h3-10,16H,1-2,11H2/b7-3-,8-4-. The maximum absolute atomic E-state index is 5.89. The van der Waals surface area contributed by atoms with Gasteiger partial charge < -0.3 is 4.52 Å². The van der Waals surface area contributed by atoms with Gasteiger partial charge in [0.05, 0.1) is 0 Å². The molecule has 16 heavy (non-hydrogen) atoms. The van der Waals surface area contributed by atoms with Crippen molar-refractivity contribution >= 4 is 19.6 Å². The minimum atomic E-state index is -1.04. The van der Waals surface area contributed by atoms with Crippen LogP contribution in [0.4, 0.5) is 0 Å². The molecular formula is C14H15OP. The van der Waals surface area contributed by atoms with Gasteiger partial charge in [0.25, 0.3) is 0 Å². The van der Waals surface area contributed by atoms with Crippen molar-refractivity contribution in [1.82, 2.24) is 0 Å². The maximum Gasteiger partial charge on any atom is 0.130 e. The number of allylic oxidation sites excluding steroid dienone is 5. The van der Waals surface area contributed by atoms with Crippen LogP contribution in [-0.2, 0) is 0 Å². The predicted molar refractivity (Wildman–Crippen MR) is 74.7 cm³/mol. The first-order chi connectivity index (χ1) is 7.77. The van der Waals surface area contributed by atoms with Gasteiger partial charge in [0.1, 0.15) is 5.75 Å². The van der Waals surface area contributed by atoms with E-state index >= 15 is 0 Å². The normalized spacial score (nSPS) is 24.0. The number of para-hydroxylation sites is 1. The molecule has 1 atom stereocenters. The van der Waals surface area contributed by atoms with Gasteiger partial charge in [0.15, 0.2) is 0 Å². The molecule has 0 bridgehead atoms. The summed E-state index contributed by atoms with van der Waals surface area (Å²) in [6, 6.07) is 7.99. The maximum atomic E-state index is 5.89. The van der Waals surface area contributed by atoms with Gasteiger partial charge in [-0.15, -0.1) is 0 Å². The van der Waals surface area contributed by atoms with E-state index in [1.165, 1.54) is 0 Å². The van der Waals surface area contributed by atoms with Crippen LogP contribution < -0.4 is 4.52 Å². The van der Waals surface area contributed by atoms with Crippen molar-refractivity contribution in [2.75, 3.05) is 6.16 Å². The molecule has 1 aromatic rings. The lowest BCUT2D eigenvalue weighted by molar-refractivity contribution is 0.628. The molecule has 2 heteroatoms. The van der Waals surface area contributed by atoms with Crippen molar-refractivity contribution in [3.63, 3.8) is 0 Å². The summed E-state index contributed by atoms with van der Waals surface area (Å²) in [4.78, 5) is 0. The topological polar surface area (TPSA) is 9.23 Å². The number of rotatable bonds is 0. The Labute approximate surface area is 97.2 Å². The summed E-state index contributed by atoms with van der Waals surface area (Å²) in [5, 5.41) is 0. The number of hydrogen-bond donors (Lipinski definition) is 0. The highest BCUT2D eigenvalue weighted by Gasteiger charge is 2.05. The average molecular weight is 230 g/mol. The van der Waals surface area contributed by atoms with Crippen LogP contribution in [0.25, 0.3) is 5.57 Å². The molecule has 0 fully saturated rings. The van der Waals surface area contributed by atoms with Gasteiger partial charge in [-0.05, 0) is 11.6 Å². The Hall–Kier alpha value is -1.46. The second kappa shape index (κ2) is 5.05. The summed E-state index contributed by atoms with van der Waals surface area (Å²) in [5.41, 5.74) is 2.03. The van der Waals surface area contributed by atoms with Crippen molar-refractivity contribution in [2.45, 2.75) is 0 Å². The Balaban J connectivity index is 2.45.